The molecule has 12 heteroatoms. The number of pyridine rings is 1. The van der Waals surface area contributed by atoms with Gasteiger partial charge in [-0.3, -0.25) is 9.78 Å². The monoisotopic (exact) mass is 614 g/mol. The van der Waals surface area contributed by atoms with E-state index in [1.165, 1.54) is 23.5 Å². The Labute approximate surface area is 248 Å². The highest BCUT2D eigenvalue weighted by Gasteiger charge is 2.31. The average Bonchev–Trinajstić information content (AvgIpc) is 3.54. The minimum atomic E-state index is -4.66. The molecule has 0 aliphatic carbocycles. The van der Waals surface area contributed by atoms with E-state index in [-0.39, 0.29) is 23.3 Å². The number of ketones is 1. The highest BCUT2D eigenvalue weighted by molar-refractivity contribution is 7.22. The van der Waals surface area contributed by atoms with Crippen LogP contribution < -0.4 is 10.1 Å². The fourth-order valence-corrected chi connectivity index (χ4v) is 5.68. The molecule has 0 aliphatic rings. The second-order valence-corrected chi connectivity index (χ2v) is 11.1. The first-order chi connectivity index (χ1) is 20.5. The third-order valence-corrected chi connectivity index (χ3v) is 7.93. The molecule has 0 spiro atoms. The zero-order valence-electron chi connectivity index (χ0n) is 23.3. The molecule has 0 amide bonds. The van der Waals surface area contributed by atoms with Gasteiger partial charge in [0.2, 0.25) is 0 Å². The van der Waals surface area contributed by atoms with E-state index in [2.05, 4.69) is 22.2 Å². The van der Waals surface area contributed by atoms with Crippen LogP contribution in [-0.4, -0.2) is 26.9 Å². The number of rotatable bonds is 11. The van der Waals surface area contributed by atoms with Gasteiger partial charge in [0, 0.05) is 38.7 Å². The number of carbonyl (C=O) groups is 1. The molecule has 0 aliphatic heterocycles. The Balaban J connectivity index is 1.30. The predicted molar refractivity (Wildman–Crippen MR) is 154 cm³/mol. The van der Waals surface area contributed by atoms with Crippen molar-refractivity contribution in [2.75, 3.05) is 6.54 Å². The first kappa shape index (κ1) is 30.3. The van der Waals surface area contributed by atoms with Crippen molar-refractivity contribution >= 4 is 27.3 Å². The van der Waals surface area contributed by atoms with E-state index in [1.807, 2.05) is 23.9 Å². The van der Waals surface area contributed by atoms with Crippen LogP contribution in [-0.2, 0) is 37.4 Å². The van der Waals surface area contributed by atoms with E-state index in [4.69, 9.17) is 4.74 Å². The minimum Gasteiger partial charge on any atom is -0.453 e. The molecule has 1 N–H and O–H groups in total. The van der Waals surface area contributed by atoms with Gasteiger partial charge in [-0.05, 0) is 60.5 Å². The Kier molecular flexibility index (Phi) is 8.88. The summed E-state index contributed by atoms with van der Waals surface area (Å²) in [7, 11) is 1.94. The molecule has 6 nitrogen and oxygen atoms in total. The highest BCUT2D eigenvalue weighted by Crippen LogP contribution is 2.39. The number of hydrogen-bond donors (Lipinski definition) is 1. The Morgan fingerprint density at radius 3 is 2.56 bits per heavy atom. The third-order valence-electron chi connectivity index (χ3n) is 6.79. The van der Waals surface area contributed by atoms with Gasteiger partial charge in [0.05, 0.1) is 32.5 Å². The molecule has 0 fully saturated rings. The summed E-state index contributed by atoms with van der Waals surface area (Å²) >= 11 is 1.41. The molecule has 2 aromatic carbocycles. The number of nitrogens with one attached hydrogen (secondary N) is 1. The van der Waals surface area contributed by atoms with Crippen molar-refractivity contribution in [2.45, 2.75) is 38.9 Å². The summed E-state index contributed by atoms with van der Waals surface area (Å²) in [6, 6.07) is 9.43. The maximum atomic E-state index is 15.1. The van der Waals surface area contributed by atoms with Crippen molar-refractivity contribution in [3.05, 3.63) is 94.9 Å². The van der Waals surface area contributed by atoms with Crippen LogP contribution in [0.5, 0.6) is 11.5 Å². The topological polar surface area (TPSA) is 69.0 Å². The van der Waals surface area contributed by atoms with Crippen LogP contribution in [0.25, 0.3) is 20.9 Å². The Bertz CT molecular complexity index is 1780. The Hall–Kier alpha value is -4.16. The average molecular weight is 615 g/mol. The van der Waals surface area contributed by atoms with Crippen LogP contribution in [0.4, 0.5) is 22.0 Å². The summed E-state index contributed by atoms with van der Waals surface area (Å²) in [5.41, 5.74) is 0.560. The molecule has 43 heavy (non-hydrogen) atoms. The molecule has 5 aromatic rings. The van der Waals surface area contributed by atoms with Crippen molar-refractivity contribution < 1.29 is 31.5 Å². The molecule has 0 unspecified atom stereocenters. The molecule has 0 bridgehead atoms. The van der Waals surface area contributed by atoms with Gasteiger partial charge in [-0.2, -0.15) is 13.2 Å². The number of imidazole rings is 1. The normalized spacial score (nSPS) is 11.8. The zero-order valence-corrected chi connectivity index (χ0v) is 24.1. The molecule has 0 saturated carbocycles. The zero-order chi connectivity index (χ0) is 30.7. The summed E-state index contributed by atoms with van der Waals surface area (Å²) in [6.07, 6.45) is -1.10. The quantitative estimate of drug-likeness (QED) is 0.122. The van der Waals surface area contributed by atoms with Gasteiger partial charge in [0.1, 0.15) is 23.2 Å². The lowest BCUT2D eigenvalue weighted by Crippen LogP contribution is -2.16. The number of hydrogen-bond acceptors (Lipinski definition) is 6. The number of halogens is 5. The highest BCUT2D eigenvalue weighted by atomic mass is 32.1. The fourth-order valence-electron chi connectivity index (χ4n) is 4.58. The molecular weight excluding hydrogens is 587 g/mol. The maximum absolute atomic E-state index is 15.1. The number of thiophene rings is 1. The van der Waals surface area contributed by atoms with Crippen molar-refractivity contribution in [1.82, 2.24) is 19.9 Å². The number of aromatic nitrogens is 3. The van der Waals surface area contributed by atoms with Gasteiger partial charge in [0.15, 0.2) is 11.6 Å². The van der Waals surface area contributed by atoms with Gasteiger partial charge in [-0.1, -0.05) is 13.0 Å². The van der Waals surface area contributed by atoms with Crippen LogP contribution in [0.15, 0.2) is 60.9 Å². The molecule has 3 aromatic heterocycles. The third kappa shape index (κ3) is 6.91. The Morgan fingerprint density at radius 1 is 1.00 bits per heavy atom. The number of Topliss-reactive ketones (excluding diaryl/α,β-unsaturated/α-hetero) is 1. The van der Waals surface area contributed by atoms with Crippen molar-refractivity contribution in [2.24, 2.45) is 7.05 Å². The van der Waals surface area contributed by atoms with Crippen LogP contribution >= 0.6 is 11.3 Å². The maximum Gasteiger partial charge on any atom is 0.416 e. The number of benzene rings is 2. The van der Waals surface area contributed by atoms with Crippen LogP contribution in [0.1, 0.15) is 35.7 Å². The second kappa shape index (κ2) is 12.6. The first-order valence-corrected chi connectivity index (χ1v) is 14.3. The van der Waals surface area contributed by atoms with E-state index in [1.54, 1.807) is 12.3 Å². The van der Waals surface area contributed by atoms with Gasteiger partial charge in [-0.25, -0.2) is 13.8 Å². The smallest absolute Gasteiger partial charge is 0.416 e. The molecule has 224 valence electrons. The van der Waals surface area contributed by atoms with Gasteiger partial charge < -0.3 is 14.6 Å². The number of alkyl halides is 3. The van der Waals surface area contributed by atoms with Crippen molar-refractivity contribution in [3.63, 3.8) is 0 Å². The molecular formula is C31H27F5N4O2S. The summed E-state index contributed by atoms with van der Waals surface area (Å²) in [5.74, 6) is -1.12. The van der Waals surface area contributed by atoms with E-state index >= 15 is 4.39 Å². The SMILES string of the molecule is CCCNCc1cnc(-c2cc3nccc(Oc4ccc(CC(=O)Cc5cc(C(F)(F)F)ccc5F)cc4F)c3s2)n1C. The number of carbonyl (C=O) groups excluding carboxylic acids is 1. The van der Waals surface area contributed by atoms with Crippen LogP contribution in [0.2, 0.25) is 0 Å². The standard InChI is InChI=1S/C31H27F5N4O2S/c1-3-9-37-16-21-17-39-30(40(21)2)28-15-25-29(43-28)27(8-10-38-25)42-26-7-4-18(12-24(26)33)11-22(41)14-19-13-20(31(34,35)36)5-6-23(19)32/h4-8,10,12-13,15,17,37H,3,9,11,14,16H2,1-2H3. The lowest BCUT2D eigenvalue weighted by Gasteiger charge is -2.10. The van der Waals surface area contributed by atoms with E-state index in [9.17, 15) is 22.4 Å². The largest absolute Gasteiger partial charge is 0.453 e. The van der Waals surface area contributed by atoms with Gasteiger partial charge >= 0.3 is 6.18 Å². The van der Waals surface area contributed by atoms with E-state index in [0.29, 0.717) is 40.7 Å². The summed E-state index contributed by atoms with van der Waals surface area (Å²) < 4.78 is 76.7. The molecule has 0 radical (unpaired) electrons. The second-order valence-electron chi connectivity index (χ2n) is 10.0. The fraction of sp³-hybridized carbons (Fsp3) is 0.258. The van der Waals surface area contributed by atoms with Gasteiger partial charge in [0.25, 0.3) is 0 Å². The van der Waals surface area contributed by atoms with Gasteiger partial charge in [-0.15, -0.1) is 11.3 Å². The molecule has 0 saturated heterocycles. The van der Waals surface area contributed by atoms with Crippen LogP contribution in [0.3, 0.4) is 0 Å². The van der Waals surface area contributed by atoms with Crippen LogP contribution in [0, 0.1) is 11.6 Å². The minimum absolute atomic E-state index is 0.0798. The Morgan fingerprint density at radius 2 is 1.81 bits per heavy atom. The molecule has 5 rings (SSSR count). The van der Waals surface area contributed by atoms with E-state index < -0.39 is 35.6 Å². The molecule has 3 heterocycles. The summed E-state index contributed by atoms with van der Waals surface area (Å²) in [4.78, 5) is 22.4. The lowest BCUT2D eigenvalue weighted by atomic mass is 10.0. The van der Waals surface area contributed by atoms with E-state index in [0.717, 1.165) is 35.4 Å². The number of nitrogens with zero attached hydrogens (tertiary/aromatic N) is 3. The number of ether oxygens (including phenoxy) is 1. The molecule has 0 atom stereocenters. The van der Waals surface area contributed by atoms with Crippen molar-refractivity contribution in [3.8, 4) is 22.2 Å². The van der Waals surface area contributed by atoms with Crippen molar-refractivity contribution in [1.29, 1.82) is 0 Å². The lowest BCUT2D eigenvalue weighted by molar-refractivity contribution is -0.137. The summed E-state index contributed by atoms with van der Waals surface area (Å²) in [6.45, 7) is 3.70. The summed E-state index contributed by atoms with van der Waals surface area (Å²) in [5, 5.41) is 3.36. The first-order valence-electron chi connectivity index (χ1n) is 13.5. The predicted octanol–water partition coefficient (Wildman–Crippen LogP) is 7.64. The number of fused-ring (bicyclic) bond motifs is 1.